The van der Waals surface area contributed by atoms with E-state index in [-0.39, 0.29) is 6.10 Å². The predicted molar refractivity (Wildman–Crippen MR) is 92.5 cm³/mol. The normalized spacial score (nSPS) is 12.9. The van der Waals surface area contributed by atoms with Crippen molar-refractivity contribution in [3.63, 3.8) is 0 Å². The van der Waals surface area contributed by atoms with Gasteiger partial charge in [0.1, 0.15) is 16.8 Å². The molecule has 0 unspecified atom stereocenters. The summed E-state index contributed by atoms with van der Waals surface area (Å²) in [6.45, 7) is 4.11. The van der Waals surface area contributed by atoms with Gasteiger partial charge in [0, 0.05) is 36.4 Å². The van der Waals surface area contributed by atoms with Crippen LogP contribution in [-0.4, -0.2) is 21.5 Å². The molecule has 0 aliphatic carbocycles. The number of ether oxygens (including phenoxy) is 1. The van der Waals surface area contributed by atoms with E-state index >= 15 is 0 Å². The fourth-order valence-corrected chi connectivity index (χ4v) is 3.97. The quantitative estimate of drug-likeness (QED) is 0.676. The Morgan fingerprint density at radius 2 is 2.14 bits per heavy atom. The SMILES string of the molecule is CO[C@@H](C)c1nc(CSCc2cn3cccc(C)c3n2)cs1. The van der Waals surface area contributed by atoms with Crippen molar-refractivity contribution in [3.05, 3.63) is 51.9 Å². The number of aromatic nitrogens is 3. The first-order chi connectivity index (χ1) is 10.7. The molecular weight excluding hydrogens is 314 g/mol. The number of hydrogen-bond donors (Lipinski definition) is 0. The molecule has 0 aliphatic heterocycles. The Bertz CT molecular complexity index is 766. The number of rotatable bonds is 6. The standard InChI is InChI=1S/C16H19N3OS2/c1-11-5-4-6-19-7-13(17-15(11)19)8-21-9-14-10-22-16(18-14)12(2)20-3/h4-7,10,12H,8-9H2,1-3H3/t12-/m0/s1. The zero-order chi connectivity index (χ0) is 15.5. The van der Waals surface area contributed by atoms with E-state index in [0.717, 1.165) is 33.5 Å². The number of hydrogen-bond acceptors (Lipinski definition) is 5. The van der Waals surface area contributed by atoms with E-state index in [2.05, 4.69) is 40.0 Å². The Morgan fingerprint density at radius 1 is 1.32 bits per heavy atom. The first kappa shape index (κ1) is 15.5. The van der Waals surface area contributed by atoms with Crippen LogP contribution in [0.2, 0.25) is 0 Å². The molecule has 116 valence electrons. The monoisotopic (exact) mass is 333 g/mol. The molecule has 0 aromatic carbocycles. The second kappa shape index (κ2) is 6.81. The molecule has 0 saturated heterocycles. The summed E-state index contributed by atoms with van der Waals surface area (Å²) in [6, 6.07) is 4.14. The lowest BCUT2D eigenvalue weighted by Gasteiger charge is -2.03. The van der Waals surface area contributed by atoms with Crippen molar-refractivity contribution in [2.45, 2.75) is 31.5 Å². The van der Waals surface area contributed by atoms with E-state index in [9.17, 15) is 0 Å². The lowest BCUT2D eigenvalue weighted by Crippen LogP contribution is -1.95. The fourth-order valence-electron chi connectivity index (χ4n) is 2.21. The highest BCUT2D eigenvalue weighted by molar-refractivity contribution is 7.97. The summed E-state index contributed by atoms with van der Waals surface area (Å²) < 4.78 is 7.39. The van der Waals surface area contributed by atoms with Crippen LogP contribution >= 0.6 is 23.1 Å². The minimum absolute atomic E-state index is 0.0742. The molecule has 1 atom stereocenters. The third-order valence-electron chi connectivity index (χ3n) is 3.50. The Kier molecular flexibility index (Phi) is 4.81. The van der Waals surface area contributed by atoms with Crippen LogP contribution in [-0.2, 0) is 16.2 Å². The van der Waals surface area contributed by atoms with Crippen LogP contribution < -0.4 is 0 Å². The third-order valence-corrected chi connectivity index (χ3v) is 5.55. The molecule has 3 rings (SSSR count). The molecule has 3 heterocycles. The van der Waals surface area contributed by atoms with Gasteiger partial charge < -0.3 is 9.14 Å². The summed E-state index contributed by atoms with van der Waals surface area (Å²) >= 11 is 3.51. The van der Waals surface area contributed by atoms with Gasteiger partial charge in [-0.2, -0.15) is 0 Å². The van der Waals surface area contributed by atoms with Crippen LogP contribution in [0, 0.1) is 6.92 Å². The average molecular weight is 333 g/mol. The van der Waals surface area contributed by atoms with Crippen LogP contribution in [0.3, 0.4) is 0 Å². The lowest BCUT2D eigenvalue weighted by atomic mass is 10.3. The van der Waals surface area contributed by atoms with E-state index in [1.54, 1.807) is 18.4 Å². The number of methoxy groups -OCH3 is 1. The number of thiazole rings is 1. The number of fused-ring (bicyclic) bond motifs is 1. The van der Waals surface area contributed by atoms with Crippen LogP contribution in [0.1, 0.15) is 35.0 Å². The molecule has 0 radical (unpaired) electrons. The highest BCUT2D eigenvalue weighted by Gasteiger charge is 2.10. The summed E-state index contributed by atoms with van der Waals surface area (Å²) in [5.41, 5.74) is 4.48. The van der Waals surface area contributed by atoms with E-state index < -0.39 is 0 Å². The van der Waals surface area contributed by atoms with Gasteiger partial charge in [0.25, 0.3) is 0 Å². The Hall–Kier alpha value is -1.37. The van der Waals surface area contributed by atoms with Crippen LogP contribution in [0.15, 0.2) is 29.9 Å². The number of nitrogens with zero attached hydrogens (tertiary/aromatic N) is 3. The molecule has 3 aromatic rings. The summed E-state index contributed by atoms with van der Waals surface area (Å²) in [7, 11) is 1.71. The van der Waals surface area contributed by atoms with Crippen LogP contribution in [0.4, 0.5) is 0 Å². The largest absolute Gasteiger partial charge is 0.375 e. The second-order valence-corrected chi connectivity index (χ2v) is 7.08. The molecule has 0 amide bonds. The maximum atomic E-state index is 5.30. The van der Waals surface area contributed by atoms with Gasteiger partial charge in [-0.1, -0.05) is 6.07 Å². The minimum Gasteiger partial charge on any atom is -0.375 e. The molecule has 0 spiro atoms. The van der Waals surface area contributed by atoms with Crippen molar-refractivity contribution < 1.29 is 4.74 Å². The van der Waals surface area contributed by atoms with Crippen molar-refractivity contribution >= 4 is 28.7 Å². The maximum Gasteiger partial charge on any atom is 0.139 e. The molecule has 4 nitrogen and oxygen atoms in total. The molecule has 0 saturated carbocycles. The van der Waals surface area contributed by atoms with E-state index in [1.807, 2.05) is 24.9 Å². The summed E-state index contributed by atoms with van der Waals surface area (Å²) in [5.74, 6) is 1.80. The molecule has 0 aliphatic rings. The fraction of sp³-hybridized carbons (Fsp3) is 0.375. The molecule has 3 aromatic heterocycles. The number of thioether (sulfide) groups is 1. The molecule has 0 N–H and O–H groups in total. The highest BCUT2D eigenvalue weighted by atomic mass is 32.2. The van der Waals surface area contributed by atoms with Crippen molar-refractivity contribution in [2.24, 2.45) is 0 Å². The maximum absolute atomic E-state index is 5.30. The van der Waals surface area contributed by atoms with Gasteiger partial charge in [-0.25, -0.2) is 9.97 Å². The summed E-state index contributed by atoms with van der Waals surface area (Å²) in [5, 5.41) is 3.16. The highest BCUT2D eigenvalue weighted by Crippen LogP contribution is 2.24. The minimum atomic E-state index is 0.0742. The molecular formula is C16H19N3OS2. The Morgan fingerprint density at radius 3 is 2.91 bits per heavy atom. The van der Waals surface area contributed by atoms with Crippen LogP contribution in [0.25, 0.3) is 5.65 Å². The van der Waals surface area contributed by atoms with Crippen molar-refractivity contribution in [1.29, 1.82) is 0 Å². The van der Waals surface area contributed by atoms with Gasteiger partial charge in [-0.3, -0.25) is 0 Å². The van der Waals surface area contributed by atoms with Crippen molar-refractivity contribution in [3.8, 4) is 0 Å². The van der Waals surface area contributed by atoms with Gasteiger partial charge in [0.05, 0.1) is 11.4 Å². The molecule has 0 fully saturated rings. The van der Waals surface area contributed by atoms with Crippen molar-refractivity contribution in [2.75, 3.05) is 7.11 Å². The number of imidazole rings is 1. The second-order valence-electron chi connectivity index (χ2n) is 5.20. The Labute approximate surface area is 138 Å². The predicted octanol–water partition coefficient (Wildman–Crippen LogP) is 4.24. The van der Waals surface area contributed by atoms with Crippen LogP contribution in [0.5, 0.6) is 0 Å². The zero-order valence-electron chi connectivity index (χ0n) is 12.9. The first-order valence-corrected chi connectivity index (χ1v) is 9.19. The first-order valence-electron chi connectivity index (χ1n) is 7.15. The third kappa shape index (κ3) is 3.34. The van der Waals surface area contributed by atoms with E-state index in [0.29, 0.717) is 0 Å². The van der Waals surface area contributed by atoms with Gasteiger partial charge >= 0.3 is 0 Å². The Balaban J connectivity index is 1.60. The van der Waals surface area contributed by atoms with Gasteiger partial charge in [-0.15, -0.1) is 23.1 Å². The molecule has 0 bridgehead atoms. The smallest absolute Gasteiger partial charge is 0.139 e. The topological polar surface area (TPSA) is 39.4 Å². The summed E-state index contributed by atoms with van der Waals surface area (Å²) in [6.07, 6.45) is 4.22. The number of aryl methyl sites for hydroxylation is 1. The van der Waals surface area contributed by atoms with Gasteiger partial charge in [0.15, 0.2) is 0 Å². The zero-order valence-corrected chi connectivity index (χ0v) is 14.6. The summed E-state index contributed by atoms with van der Waals surface area (Å²) in [4.78, 5) is 9.31. The van der Waals surface area contributed by atoms with E-state index in [1.165, 1.54) is 5.56 Å². The van der Waals surface area contributed by atoms with Crippen molar-refractivity contribution in [1.82, 2.24) is 14.4 Å². The average Bonchev–Trinajstić information content (AvgIpc) is 3.14. The molecule has 6 heteroatoms. The molecule has 22 heavy (non-hydrogen) atoms. The van der Waals surface area contributed by atoms with Gasteiger partial charge in [-0.05, 0) is 25.5 Å². The van der Waals surface area contributed by atoms with Gasteiger partial charge in [0.2, 0.25) is 0 Å². The number of pyridine rings is 1. The lowest BCUT2D eigenvalue weighted by molar-refractivity contribution is 0.119. The van der Waals surface area contributed by atoms with E-state index in [4.69, 9.17) is 9.72 Å².